The van der Waals surface area contributed by atoms with Gasteiger partial charge in [-0.05, 0) is 48.9 Å². The average molecular weight is 289 g/mol. The van der Waals surface area contributed by atoms with E-state index in [1.54, 1.807) is 0 Å². The zero-order valence-corrected chi connectivity index (χ0v) is 12.6. The van der Waals surface area contributed by atoms with Gasteiger partial charge in [0.2, 0.25) is 0 Å². The number of hydrogen-bond acceptors (Lipinski definition) is 2. The van der Waals surface area contributed by atoms with E-state index in [9.17, 15) is 0 Å². The maximum Gasteiger partial charge on any atom is 0.0601 e. The van der Waals surface area contributed by atoms with Gasteiger partial charge in [-0.1, -0.05) is 48.2 Å². The van der Waals surface area contributed by atoms with Crippen molar-refractivity contribution >= 4 is 28.8 Å². The predicted octanol–water partition coefficient (Wildman–Crippen LogP) is 5.93. The summed E-state index contributed by atoms with van der Waals surface area (Å²) in [5, 5.41) is 0. The van der Waals surface area contributed by atoms with Gasteiger partial charge in [0.05, 0.1) is 11.4 Å². The molecule has 0 bridgehead atoms. The summed E-state index contributed by atoms with van der Waals surface area (Å²) < 4.78 is 0. The third-order valence-corrected chi connectivity index (χ3v) is 4.81. The number of nitrogens with zero attached hydrogens (tertiary/aromatic N) is 1. The molecular weight excluding hydrogens is 274 g/mol. The third-order valence-electron chi connectivity index (χ3n) is 3.70. The molecule has 2 heteroatoms. The molecule has 1 nitrogen and oxygen atoms in total. The van der Waals surface area contributed by atoms with Gasteiger partial charge in [-0.25, -0.2) is 0 Å². The minimum atomic E-state index is 1.20. The van der Waals surface area contributed by atoms with Crippen LogP contribution in [0.1, 0.15) is 5.56 Å². The van der Waals surface area contributed by atoms with Gasteiger partial charge in [-0.15, -0.1) is 0 Å². The predicted molar refractivity (Wildman–Crippen MR) is 90.0 cm³/mol. The quantitative estimate of drug-likeness (QED) is 0.427. The molecule has 3 aromatic rings. The standard InChI is InChI=1S/C19H15NS/c1-14-11-12-17-19(13-14)21-18-10-6-5-9-16(18)20(17)15-7-3-2-4-8-15/h2-13H,1H3. The van der Waals surface area contributed by atoms with Gasteiger partial charge in [0, 0.05) is 15.5 Å². The van der Waals surface area contributed by atoms with E-state index in [4.69, 9.17) is 0 Å². The third kappa shape index (κ3) is 2.12. The molecule has 0 fully saturated rings. The summed E-state index contributed by atoms with van der Waals surface area (Å²) >= 11 is 1.85. The van der Waals surface area contributed by atoms with Crippen LogP contribution >= 0.6 is 11.8 Å². The molecule has 3 aromatic carbocycles. The first kappa shape index (κ1) is 12.5. The Morgan fingerprint density at radius 3 is 2.29 bits per heavy atom. The molecule has 0 saturated carbocycles. The zero-order valence-electron chi connectivity index (χ0n) is 11.8. The van der Waals surface area contributed by atoms with Gasteiger partial charge < -0.3 is 4.90 Å². The molecule has 0 aromatic heterocycles. The highest BCUT2D eigenvalue weighted by Crippen LogP contribution is 2.51. The highest BCUT2D eigenvalue weighted by atomic mass is 32.2. The van der Waals surface area contributed by atoms with Gasteiger partial charge in [-0.2, -0.15) is 0 Å². The monoisotopic (exact) mass is 289 g/mol. The van der Waals surface area contributed by atoms with Gasteiger partial charge in [0.1, 0.15) is 0 Å². The zero-order chi connectivity index (χ0) is 14.2. The van der Waals surface area contributed by atoms with Gasteiger partial charge in [0.15, 0.2) is 0 Å². The lowest BCUT2D eigenvalue weighted by atomic mass is 10.1. The number of benzene rings is 3. The van der Waals surface area contributed by atoms with E-state index in [2.05, 4.69) is 84.6 Å². The molecule has 4 rings (SSSR count). The van der Waals surface area contributed by atoms with Crippen molar-refractivity contribution in [3.05, 3.63) is 78.4 Å². The van der Waals surface area contributed by atoms with Crippen molar-refractivity contribution in [2.24, 2.45) is 0 Å². The minimum absolute atomic E-state index is 1.20. The van der Waals surface area contributed by atoms with Crippen molar-refractivity contribution in [2.45, 2.75) is 16.7 Å². The number of rotatable bonds is 1. The topological polar surface area (TPSA) is 3.24 Å². The molecule has 0 amide bonds. The van der Waals surface area contributed by atoms with E-state index < -0.39 is 0 Å². The van der Waals surface area contributed by atoms with E-state index in [-0.39, 0.29) is 0 Å². The van der Waals surface area contributed by atoms with Crippen LogP contribution in [0.15, 0.2) is 82.6 Å². The SMILES string of the molecule is Cc1ccc2c(c1)Sc1ccccc1N2c1ccccc1. The summed E-state index contributed by atoms with van der Waals surface area (Å²) in [4.78, 5) is 4.97. The van der Waals surface area contributed by atoms with E-state index >= 15 is 0 Å². The van der Waals surface area contributed by atoms with Crippen LogP contribution in [-0.2, 0) is 0 Å². The van der Waals surface area contributed by atoms with Crippen molar-refractivity contribution in [3.63, 3.8) is 0 Å². The molecule has 0 saturated heterocycles. The average Bonchev–Trinajstić information content (AvgIpc) is 2.53. The summed E-state index contributed by atoms with van der Waals surface area (Å²) in [5.74, 6) is 0. The van der Waals surface area contributed by atoms with Crippen molar-refractivity contribution in [1.82, 2.24) is 0 Å². The molecule has 0 radical (unpaired) electrons. The second-order valence-electron chi connectivity index (χ2n) is 5.21. The van der Waals surface area contributed by atoms with E-state index in [0.29, 0.717) is 0 Å². The Morgan fingerprint density at radius 1 is 0.714 bits per heavy atom. The second kappa shape index (κ2) is 4.97. The molecule has 0 unspecified atom stereocenters. The van der Waals surface area contributed by atoms with Crippen LogP contribution in [0.3, 0.4) is 0 Å². The first-order chi connectivity index (χ1) is 10.3. The van der Waals surface area contributed by atoms with Crippen LogP contribution in [0.25, 0.3) is 0 Å². The van der Waals surface area contributed by atoms with Crippen molar-refractivity contribution in [1.29, 1.82) is 0 Å². The number of anilines is 3. The Labute approximate surface area is 129 Å². The molecule has 0 spiro atoms. The first-order valence-electron chi connectivity index (χ1n) is 7.06. The Hall–Kier alpha value is -2.19. The van der Waals surface area contributed by atoms with Crippen molar-refractivity contribution < 1.29 is 0 Å². The molecule has 1 aliphatic rings. The summed E-state index contributed by atoms with van der Waals surface area (Å²) in [6, 6.07) is 25.8. The number of para-hydroxylation sites is 2. The van der Waals surface area contributed by atoms with Crippen LogP contribution in [-0.4, -0.2) is 0 Å². The number of fused-ring (bicyclic) bond motifs is 2. The summed E-state index contributed by atoms with van der Waals surface area (Å²) in [7, 11) is 0. The largest absolute Gasteiger partial charge is 0.308 e. The maximum atomic E-state index is 2.35. The minimum Gasteiger partial charge on any atom is -0.308 e. The molecule has 0 aliphatic carbocycles. The lowest BCUT2D eigenvalue weighted by molar-refractivity contribution is 1.16. The molecular formula is C19H15NS. The molecule has 21 heavy (non-hydrogen) atoms. The second-order valence-corrected chi connectivity index (χ2v) is 6.30. The number of hydrogen-bond donors (Lipinski definition) is 0. The van der Waals surface area contributed by atoms with Crippen LogP contribution < -0.4 is 4.90 Å². The molecule has 1 heterocycles. The Morgan fingerprint density at radius 2 is 1.43 bits per heavy atom. The first-order valence-corrected chi connectivity index (χ1v) is 7.87. The highest BCUT2D eigenvalue weighted by molar-refractivity contribution is 7.99. The van der Waals surface area contributed by atoms with Crippen LogP contribution in [0.5, 0.6) is 0 Å². The Balaban J connectivity index is 1.97. The van der Waals surface area contributed by atoms with Crippen molar-refractivity contribution in [3.8, 4) is 0 Å². The molecule has 0 atom stereocenters. The summed E-state index contributed by atoms with van der Waals surface area (Å²) in [5.41, 5.74) is 5.02. The summed E-state index contributed by atoms with van der Waals surface area (Å²) in [6.45, 7) is 2.15. The van der Waals surface area contributed by atoms with Crippen LogP contribution in [0.2, 0.25) is 0 Å². The molecule has 1 aliphatic heterocycles. The van der Waals surface area contributed by atoms with E-state index in [1.165, 1.54) is 32.4 Å². The van der Waals surface area contributed by atoms with Crippen LogP contribution in [0, 0.1) is 6.92 Å². The Bertz CT molecular complexity index is 796. The highest BCUT2D eigenvalue weighted by Gasteiger charge is 2.24. The lowest BCUT2D eigenvalue weighted by Gasteiger charge is -2.33. The van der Waals surface area contributed by atoms with Gasteiger partial charge in [-0.3, -0.25) is 0 Å². The lowest BCUT2D eigenvalue weighted by Crippen LogP contribution is -2.14. The van der Waals surface area contributed by atoms with Gasteiger partial charge in [0.25, 0.3) is 0 Å². The molecule has 102 valence electrons. The van der Waals surface area contributed by atoms with E-state index in [0.717, 1.165) is 0 Å². The fraction of sp³-hybridized carbons (Fsp3) is 0.0526. The Kier molecular flexibility index (Phi) is 2.97. The molecule has 0 N–H and O–H groups in total. The fourth-order valence-corrected chi connectivity index (χ4v) is 3.88. The summed E-state index contributed by atoms with van der Waals surface area (Å²) in [6.07, 6.45) is 0. The smallest absolute Gasteiger partial charge is 0.0601 e. The normalized spacial score (nSPS) is 12.7. The van der Waals surface area contributed by atoms with Gasteiger partial charge >= 0.3 is 0 Å². The number of aryl methyl sites for hydroxylation is 1. The van der Waals surface area contributed by atoms with Crippen LogP contribution in [0.4, 0.5) is 17.1 Å². The maximum absolute atomic E-state index is 2.35. The van der Waals surface area contributed by atoms with E-state index in [1.807, 2.05) is 11.8 Å². The fourth-order valence-electron chi connectivity index (χ4n) is 2.72. The van der Waals surface area contributed by atoms with Crippen molar-refractivity contribution in [2.75, 3.05) is 4.90 Å².